The molecule has 1 aliphatic rings. The second-order valence-electron chi connectivity index (χ2n) is 5.63. The number of rotatable bonds is 6. The molecule has 2 aromatic rings. The van der Waals surface area contributed by atoms with Crippen LogP contribution in [0.15, 0.2) is 59.5 Å². The average Bonchev–Trinajstić information content (AvgIpc) is 3.07. The molecule has 1 aliphatic heterocycles. The van der Waals surface area contributed by atoms with E-state index in [2.05, 4.69) is 52.1 Å². The van der Waals surface area contributed by atoms with E-state index in [1.54, 1.807) is 11.9 Å². The van der Waals surface area contributed by atoms with E-state index >= 15 is 0 Å². The second-order valence-corrected chi connectivity index (χ2v) is 7.16. The van der Waals surface area contributed by atoms with Crippen molar-refractivity contribution in [3.8, 4) is 0 Å². The zero-order valence-electron chi connectivity index (χ0n) is 12.5. The van der Waals surface area contributed by atoms with Gasteiger partial charge in [-0.05, 0) is 80.2 Å². The average molecular weight is 333 g/mol. The standard InChI is InChI=1S/C18H21ClN2S/c19-16-6-8-17(9-7-16)21(13-11-15-10-12-20-14-15)22-18-4-2-1-3-5-18/h1-9,15,20H,10-14H2. The van der Waals surface area contributed by atoms with Gasteiger partial charge >= 0.3 is 0 Å². The summed E-state index contributed by atoms with van der Waals surface area (Å²) >= 11 is 7.82. The molecule has 1 heterocycles. The fourth-order valence-corrected chi connectivity index (χ4v) is 3.79. The zero-order valence-corrected chi connectivity index (χ0v) is 14.1. The molecule has 1 fully saturated rings. The van der Waals surface area contributed by atoms with Crippen molar-refractivity contribution in [2.75, 3.05) is 23.9 Å². The number of nitrogens with zero attached hydrogens (tertiary/aromatic N) is 1. The fraction of sp³-hybridized carbons (Fsp3) is 0.333. The maximum absolute atomic E-state index is 6.02. The first-order valence-corrected chi connectivity index (χ1v) is 8.93. The summed E-state index contributed by atoms with van der Waals surface area (Å²) in [6.07, 6.45) is 2.51. The summed E-state index contributed by atoms with van der Waals surface area (Å²) in [5.74, 6) is 0.797. The molecule has 0 aliphatic carbocycles. The Kier molecular flexibility index (Phi) is 5.65. The quantitative estimate of drug-likeness (QED) is 0.761. The van der Waals surface area contributed by atoms with E-state index in [1.807, 2.05) is 12.1 Å². The van der Waals surface area contributed by atoms with Crippen molar-refractivity contribution >= 4 is 29.2 Å². The molecular weight excluding hydrogens is 312 g/mol. The summed E-state index contributed by atoms with van der Waals surface area (Å²) in [6.45, 7) is 3.37. The van der Waals surface area contributed by atoms with Crippen molar-refractivity contribution in [1.29, 1.82) is 0 Å². The minimum Gasteiger partial charge on any atom is -0.316 e. The number of hydrogen-bond acceptors (Lipinski definition) is 3. The number of halogens is 1. The molecule has 1 unspecified atom stereocenters. The maximum atomic E-state index is 6.02. The minimum absolute atomic E-state index is 0.786. The number of hydrogen-bond donors (Lipinski definition) is 1. The summed E-state index contributed by atoms with van der Waals surface area (Å²) < 4.78 is 2.38. The second kappa shape index (κ2) is 7.91. The highest BCUT2D eigenvalue weighted by Gasteiger charge is 2.17. The van der Waals surface area contributed by atoms with Crippen LogP contribution in [0.1, 0.15) is 12.8 Å². The van der Waals surface area contributed by atoms with Crippen LogP contribution in [-0.4, -0.2) is 19.6 Å². The van der Waals surface area contributed by atoms with Crippen LogP contribution in [0, 0.1) is 5.92 Å². The zero-order chi connectivity index (χ0) is 15.2. The van der Waals surface area contributed by atoms with Crippen molar-refractivity contribution in [1.82, 2.24) is 5.32 Å². The molecule has 2 nitrogen and oxygen atoms in total. The predicted molar refractivity (Wildman–Crippen MR) is 96.7 cm³/mol. The van der Waals surface area contributed by atoms with Gasteiger partial charge in [0.25, 0.3) is 0 Å². The Balaban J connectivity index is 1.70. The van der Waals surface area contributed by atoms with Gasteiger partial charge in [-0.15, -0.1) is 0 Å². The Bertz CT molecular complexity index is 567. The van der Waals surface area contributed by atoms with E-state index in [0.717, 1.165) is 30.6 Å². The molecule has 22 heavy (non-hydrogen) atoms. The Hall–Kier alpha value is -1.16. The van der Waals surface area contributed by atoms with Gasteiger partial charge in [-0.25, -0.2) is 0 Å². The van der Waals surface area contributed by atoms with Gasteiger partial charge in [0, 0.05) is 22.2 Å². The van der Waals surface area contributed by atoms with E-state index in [1.165, 1.54) is 23.4 Å². The Morgan fingerprint density at radius 1 is 1.09 bits per heavy atom. The van der Waals surface area contributed by atoms with Crippen LogP contribution >= 0.6 is 23.5 Å². The summed E-state index contributed by atoms with van der Waals surface area (Å²) in [4.78, 5) is 1.27. The molecule has 0 saturated carbocycles. The largest absolute Gasteiger partial charge is 0.316 e. The first kappa shape index (κ1) is 15.7. The number of nitrogens with one attached hydrogen (secondary N) is 1. The van der Waals surface area contributed by atoms with E-state index in [0.29, 0.717) is 0 Å². The molecule has 116 valence electrons. The third-order valence-corrected chi connectivity index (χ3v) is 5.32. The topological polar surface area (TPSA) is 15.3 Å². The molecule has 0 spiro atoms. The van der Waals surface area contributed by atoms with Crippen molar-refractivity contribution in [2.45, 2.75) is 17.7 Å². The van der Waals surface area contributed by atoms with E-state index in [4.69, 9.17) is 11.6 Å². The van der Waals surface area contributed by atoms with Crippen LogP contribution < -0.4 is 9.62 Å². The van der Waals surface area contributed by atoms with Gasteiger partial charge in [0.1, 0.15) is 0 Å². The molecule has 0 radical (unpaired) electrons. The Labute approximate surface area is 142 Å². The molecule has 4 heteroatoms. The molecule has 0 bridgehead atoms. The van der Waals surface area contributed by atoms with Crippen molar-refractivity contribution in [3.63, 3.8) is 0 Å². The van der Waals surface area contributed by atoms with Crippen molar-refractivity contribution in [3.05, 3.63) is 59.6 Å². The Morgan fingerprint density at radius 2 is 1.86 bits per heavy atom. The first-order valence-electron chi connectivity index (χ1n) is 7.78. The lowest BCUT2D eigenvalue weighted by atomic mass is 10.1. The van der Waals surface area contributed by atoms with Crippen LogP contribution in [-0.2, 0) is 0 Å². The normalized spacial score (nSPS) is 17.6. The van der Waals surface area contributed by atoms with Gasteiger partial charge in [0.2, 0.25) is 0 Å². The summed E-state index contributed by atoms with van der Waals surface area (Å²) in [5.41, 5.74) is 1.21. The molecule has 1 atom stereocenters. The van der Waals surface area contributed by atoms with E-state index < -0.39 is 0 Å². The van der Waals surface area contributed by atoms with Gasteiger partial charge in [-0.1, -0.05) is 29.8 Å². The van der Waals surface area contributed by atoms with Crippen molar-refractivity contribution < 1.29 is 0 Å². The van der Waals surface area contributed by atoms with Gasteiger partial charge in [-0.3, -0.25) is 0 Å². The third kappa shape index (κ3) is 4.42. The van der Waals surface area contributed by atoms with E-state index in [-0.39, 0.29) is 0 Å². The lowest BCUT2D eigenvalue weighted by molar-refractivity contribution is 0.543. The lowest BCUT2D eigenvalue weighted by Gasteiger charge is -2.25. The fourth-order valence-electron chi connectivity index (χ4n) is 2.70. The van der Waals surface area contributed by atoms with Gasteiger partial charge in [-0.2, -0.15) is 0 Å². The van der Waals surface area contributed by atoms with Crippen LogP contribution in [0.2, 0.25) is 5.02 Å². The molecule has 0 amide bonds. The van der Waals surface area contributed by atoms with Crippen LogP contribution in [0.5, 0.6) is 0 Å². The molecule has 0 aromatic heterocycles. The van der Waals surface area contributed by atoms with Crippen LogP contribution in [0.3, 0.4) is 0 Å². The SMILES string of the molecule is Clc1ccc(N(CCC2CCNC2)Sc2ccccc2)cc1. The lowest BCUT2D eigenvalue weighted by Crippen LogP contribution is -2.19. The molecule has 3 rings (SSSR count). The highest BCUT2D eigenvalue weighted by molar-refractivity contribution is 8.00. The number of benzene rings is 2. The monoisotopic (exact) mass is 332 g/mol. The molecule has 2 aromatic carbocycles. The first-order chi connectivity index (χ1) is 10.8. The molecule has 1 saturated heterocycles. The van der Waals surface area contributed by atoms with Crippen LogP contribution in [0.4, 0.5) is 5.69 Å². The number of anilines is 1. The predicted octanol–water partition coefficient (Wildman–Crippen LogP) is 4.85. The highest BCUT2D eigenvalue weighted by Crippen LogP contribution is 2.30. The minimum atomic E-state index is 0.786. The summed E-state index contributed by atoms with van der Waals surface area (Å²) in [6, 6.07) is 18.7. The molecular formula is C18H21ClN2S. The van der Waals surface area contributed by atoms with Gasteiger partial charge in [0.15, 0.2) is 0 Å². The smallest absolute Gasteiger partial charge is 0.0474 e. The van der Waals surface area contributed by atoms with Gasteiger partial charge in [0.05, 0.1) is 0 Å². The summed E-state index contributed by atoms with van der Waals surface area (Å²) in [7, 11) is 0. The molecule has 1 N–H and O–H groups in total. The summed E-state index contributed by atoms with van der Waals surface area (Å²) in [5, 5.41) is 4.24. The van der Waals surface area contributed by atoms with E-state index in [9.17, 15) is 0 Å². The third-order valence-electron chi connectivity index (χ3n) is 3.98. The van der Waals surface area contributed by atoms with Crippen molar-refractivity contribution in [2.24, 2.45) is 5.92 Å². The van der Waals surface area contributed by atoms with Crippen LogP contribution in [0.25, 0.3) is 0 Å². The Morgan fingerprint density at radius 3 is 2.55 bits per heavy atom. The highest BCUT2D eigenvalue weighted by atomic mass is 35.5. The van der Waals surface area contributed by atoms with Gasteiger partial charge < -0.3 is 9.62 Å². The maximum Gasteiger partial charge on any atom is 0.0474 e.